The molecule has 3 N–H and O–H groups in total. The zero-order valence-electron chi connectivity index (χ0n) is 26.2. The van der Waals surface area contributed by atoms with Crippen molar-refractivity contribution in [3.63, 3.8) is 0 Å². The molecular weight excluding hydrogens is 568 g/mol. The van der Waals surface area contributed by atoms with E-state index in [9.17, 15) is 15.2 Å². The molecule has 12 heteroatoms. The van der Waals surface area contributed by atoms with Gasteiger partial charge in [-0.2, -0.15) is 15.3 Å². The third-order valence-corrected chi connectivity index (χ3v) is 7.81. The Bertz CT molecular complexity index is 1620. The van der Waals surface area contributed by atoms with Crippen LogP contribution in [0.15, 0.2) is 67.3 Å². The molecule has 3 aromatic heterocycles. The maximum Gasteiger partial charge on any atom is 0.323 e. The van der Waals surface area contributed by atoms with Gasteiger partial charge in [-0.1, -0.05) is 30.3 Å². The first-order valence-corrected chi connectivity index (χ1v) is 15.1. The van der Waals surface area contributed by atoms with Gasteiger partial charge >= 0.3 is 6.03 Å². The molecule has 0 radical (unpaired) electrons. The number of pyridine rings is 1. The highest BCUT2D eigenvalue weighted by molar-refractivity contribution is 5.91. The number of carbonyl (C=O) groups is 1. The van der Waals surface area contributed by atoms with Gasteiger partial charge in [0, 0.05) is 62.8 Å². The second-order valence-corrected chi connectivity index (χ2v) is 12.2. The van der Waals surface area contributed by atoms with E-state index in [1.54, 1.807) is 47.8 Å². The van der Waals surface area contributed by atoms with Crippen molar-refractivity contribution in [1.82, 2.24) is 30.0 Å². The number of nitriles is 1. The van der Waals surface area contributed by atoms with E-state index in [0.29, 0.717) is 36.2 Å². The van der Waals surface area contributed by atoms with E-state index < -0.39 is 5.60 Å². The normalized spacial score (nSPS) is 16.4. The van der Waals surface area contributed by atoms with Crippen molar-refractivity contribution in [3.8, 4) is 17.2 Å². The van der Waals surface area contributed by atoms with Crippen LogP contribution in [0.4, 0.5) is 22.4 Å². The van der Waals surface area contributed by atoms with Gasteiger partial charge in [0.25, 0.3) is 0 Å². The molecule has 1 aliphatic carbocycles. The minimum atomic E-state index is -0.953. The van der Waals surface area contributed by atoms with E-state index >= 15 is 0 Å². The van der Waals surface area contributed by atoms with Crippen LogP contribution in [-0.2, 0) is 13.6 Å². The van der Waals surface area contributed by atoms with E-state index in [0.717, 1.165) is 42.4 Å². The predicted molar refractivity (Wildman–Crippen MR) is 174 cm³/mol. The van der Waals surface area contributed by atoms with E-state index in [2.05, 4.69) is 31.8 Å². The molecule has 1 aromatic carbocycles. The highest BCUT2D eigenvalue weighted by atomic mass is 16.3. The monoisotopic (exact) mass is 608 g/mol. The summed E-state index contributed by atoms with van der Waals surface area (Å²) in [5, 5.41) is 30.6. The van der Waals surface area contributed by atoms with Crippen molar-refractivity contribution >= 4 is 23.6 Å². The van der Waals surface area contributed by atoms with Crippen molar-refractivity contribution in [3.05, 3.63) is 78.4 Å². The number of amides is 2. The van der Waals surface area contributed by atoms with Crippen molar-refractivity contribution in [2.24, 2.45) is 7.05 Å². The lowest BCUT2D eigenvalue weighted by Crippen LogP contribution is -2.49. The first-order chi connectivity index (χ1) is 21.6. The number of aromatic nitrogens is 5. The summed E-state index contributed by atoms with van der Waals surface area (Å²) in [6, 6.07) is 15.7. The SMILES string of the molecule is CN(CC(C)(C)O)c1nc(N[C@H]2CC[C@H](N(C(=O)NCc3ccccc3)c3ccc(-c4cnn(C)c4)cn3)CC2)ncc1C#N. The number of urea groups is 1. The van der Waals surface area contributed by atoms with Gasteiger partial charge < -0.3 is 20.6 Å². The molecule has 0 spiro atoms. The average molecular weight is 609 g/mol. The Morgan fingerprint density at radius 3 is 2.44 bits per heavy atom. The highest BCUT2D eigenvalue weighted by Crippen LogP contribution is 2.30. The summed E-state index contributed by atoms with van der Waals surface area (Å²) < 4.78 is 1.75. The lowest BCUT2D eigenvalue weighted by molar-refractivity contribution is 0.0884. The molecule has 0 atom stereocenters. The van der Waals surface area contributed by atoms with Gasteiger partial charge in [-0.25, -0.2) is 14.8 Å². The average Bonchev–Trinajstić information content (AvgIpc) is 3.47. The summed E-state index contributed by atoms with van der Waals surface area (Å²) in [5.41, 5.74) is 2.30. The number of nitrogens with zero attached hydrogens (tertiary/aromatic N) is 8. The van der Waals surface area contributed by atoms with Crippen molar-refractivity contribution in [1.29, 1.82) is 5.26 Å². The summed E-state index contributed by atoms with van der Waals surface area (Å²) in [7, 11) is 3.67. The number of nitrogens with one attached hydrogen (secondary N) is 2. The molecule has 12 nitrogen and oxygen atoms in total. The van der Waals surface area contributed by atoms with Crippen molar-refractivity contribution in [2.45, 2.75) is 63.8 Å². The van der Waals surface area contributed by atoms with Crippen LogP contribution in [0.25, 0.3) is 11.1 Å². The fraction of sp³-hybridized carbons (Fsp3) is 0.394. The topological polar surface area (TPSA) is 148 Å². The van der Waals surface area contributed by atoms with E-state index in [1.165, 1.54) is 6.20 Å². The van der Waals surface area contributed by atoms with Crippen LogP contribution < -0.4 is 20.4 Å². The summed E-state index contributed by atoms with van der Waals surface area (Å²) in [6.45, 7) is 4.15. The molecule has 5 rings (SSSR count). The predicted octanol–water partition coefficient (Wildman–Crippen LogP) is 4.49. The zero-order valence-corrected chi connectivity index (χ0v) is 26.2. The lowest BCUT2D eigenvalue weighted by Gasteiger charge is -2.36. The molecule has 2 amide bonds. The minimum Gasteiger partial charge on any atom is -0.389 e. The third kappa shape index (κ3) is 8.13. The Morgan fingerprint density at radius 1 is 1.07 bits per heavy atom. The fourth-order valence-electron chi connectivity index (χ4n) is 5.71. The fourth-order valence-corrected chi connectivity index (χ4v) is 5.71. The summed E-state index contributed by atoms with van der Waals surface area (Å²) in [6.07, 6.45) is 10.1. The maximum atomic E-state index is 13.7. The summed E-state index contributed by atoms with van der Waals surface area (Å²) in [5.74, 6) is 1.49. The molecule has 1 saturated carbocycles. The second kappa shape index (κ2) is 13.7. The molecule has 0 saturated heterocycles. The van der Waals surface area contributed by atoms with Crippen LogP contribution in [-0.4, -0.2) is 67.1 Å². The van der Waals surface area contributed by atoms with Gasteiger partial charge in [-0.05, 0) is 57.2 Å². The van der Waals surface area contributed by atoms with E-state index in [4.69, 9.17) is 4.98 Å². The van der Waals surface area contributed by atoms with Crippen LogP contribution in [0.3, 0.4) is 0 Å². The first kappa shape index (κ1) is 31.4. The van der Waals surface area contributed by atoms with Crippen LogP contribution in [0.2, 0.25) is 0 Å². The number of aryl methyl sites for hydroxylation is 1. The molecule has 45 heavy (non-hydrogen) atoms. The molecular formula is C33H40N10O2. The molecule has 0 bridgehead atoms. The smallest absolute Gasteiger partial charge is 0.323 e. The van der Waals surface area contributed by atoms with Gasteiger partial charge in [0.1, 0.15) is 17.5 Å². The standard InChI is InChI=1S/C33H40N10O2/c1-33(2,45)22-41(3)30-25(16-34)19-36-31(40-30)39-27-11-13-28(14-12-27)43(32(44)37-17-23-8-6-5-7-9-23)29-15-10-24(18-35-29)26-20-38-42(4)21-26/h5-10,15,18-21,27-28,45H,11-14,17,22H2,1-4H3,(H,37,44)(H,36,39,40)/t27-,28-. The summed E-state index contributed by atoms with van der Waals surface area (Å²) in [4.78, 5) is 30.9. The summed E-state index contributed by atoms with van der Waals surface area (Å²) >= 11 is 0. The number of likely N-dealkylation sites (N-methyl/N-ethyl adjacent to an activating group) is 1. The quantitative estimate of drug-likeness (QED) is 0.237. The second-order valence-electron chi connectivity index (χ2n) is 12.2. The maximum absolute atomic E-state index is 13.7. The highest BCUT2D eigenvalue weighted by Gasteiger charge is 2.31. The van der Waals surface area contributed by atoms with Crippen LogP contribution >= 0.6 is 0 Å². The van der Waals surface area contributed by atoms with Crippen LogP contribution in [0.1, 0.15) is 50.7 Å². The van der Waals surface area contributed by atoms with Crippen molar-refractivity contribution in [2.75, 3.05) is 28.7 Å². The van der Waals surface area contributed by atoms with Crippen LogP contribution in [0, 0.1) is 11.3 Å². The third-order valence-electron chi connectivity index (χ3n) is 7.81. The van der Waals surface area contributed by atoms with E-state index in [-0.39, 0.29) is 18.1 Å². The van der Waals surface area contributed by atoms with Gasteiger partial charge in [-0.15, -0.1) is 0 Å². The number of anilines is 3. The number of rotatable bonds is 10. The molecule has 0 aliphatic heterocycles. The lowest BCUT2D eigenvalue weighted by atomic mass is 9.90. The van der Waals surface area contributed by atoms with Gasteiger partial charge in [0.2, 0.25) is 5.95 Å². The van der Waals surface area contributed by atoms with Gasteiger partial charge in [0.05, 0.1) is 18.0 Å². The van der Waals surface area contributed by atoms with Gasteiger partial charge in [0.15, 0.2) is 5.82 Å². The number of aliphatic hydroxyl groups is 1. The molecule has 1 aliphatic rings. The van der Waals surface area contributed by atoms with Gasteiger partial charge in [-0.3, -0.25) is 9.58 Å². The Kier molecular flexibility index (Phi) is 9.59. The largest absolute Gasteiger partial charge is 0.389 e. The Morgan fingerprint density at radius 2 is 1.82 bits per heavy atom. The molecule has 3 heterocycles. The first-order valence-electron chi connectivity index (χ1n) is 15.1. The zero-order chi connectivity index (χ0) is 32.0. The molecule has 1 fully saturated rings. The molecule has 0 unspecified atom stereocenters. The Balaban J connectivity index is 1.29. The minimum absolute atomic E-state index is 0.0501. The molecule has 4 aromatic rings. The number of benzene rings is 1. The molecule has 234 valence electrons. The van der Waals surface area contributed by atoms with Crippen molar-refractivity contribution < 1.29 is 9.90 Å². The van der Waals surface area contributed by atoms with E-state index in [1.807, 2.05) is 55.7 Å². The number of hydrogen-bond donors (Lipinski definition) is 3. The Labute approximate surface area is 263 Å². The number of carbonyl (C=O) groups excluding carboxylic acids is 1. The van der Waals surface area contributed by atoms with Crippen LogP contribution in [0.5, 0.6) is 0 Å². The number of hydrogen-bond acceptors (Lipinski definition) is 9. The Hall–Kier alpha value is -5.02.